The number of nitrogens with zero attached hydrogens (tertiary/aromatic N) is 2. The number of aliphatic hydroxyl groups excluding tert-OH is 1. The molecule has 0 amide bonds. The molecule has 1 heterocycles. The maximum atomic E-state index is 9.51. The molecule has 0 aliphatic carbocycles. The number of benzene rings is 1. The third kappa shape index (κ3) is 5.76. The van der Waals surface area contributed by atoms with Crippen molar-refractivity contribution >= 4 is 11.6 Å². The van der Waals surface area contributed by atoms with Crippen LogP contribution in [0.1, 0.15) is 20.3 Å². The first-order valence-electron chi connectivity index (χ1n) is 8.07. The second-order valence-electron chi connectivity index (χ2n) is 6.15. The summed E-state index contributed by atoms with van der Waals surface area (Å²) in [4.78, 5) is 4.84. The zero-order valence-corrected chi connectivity index (χ0v) is 14.3. The molecule has 1 fully saturated rings. The first-order valence-corrected chi connectivity index (χ1v) is 8.45. The van der Waals surface area contributed by atoms with Crippen LogP contribution in [0.25, 0.3) is 0 Å². The fourth-order valence-corrected chi connectivity index (χ4v) is 3.10. The van der Waals surface area contributed by atoms with Gasteiger partial charge >= 0.3 is 0 Å². The predicted molar refractivity (Wildman–Crippen MR) is 90.7 cm³/mol. The quantitative estimate of drug-likeness (QED) is 0.781. The molecule has 1 saturated heterocycles. The molecule has 1 aliphatic rings. The minimum absolute atomic E-state index is 0.250. The summed E-state index contributed by atoms with van der Waals surface area (Å²) in [5.41, 5.74) is 0. The Morgan fingerprint density at radius 3 is 2.91 bits per heavy atom. The van der Waals surface area contributed by atoms with E-state index in [0.29, 0.717) is 17.7 Å². The topological polar surface area (TPSA) is 35.9 Å². The molecule has 2 rings (SSSR count). The summed E-state index contributed by atoms with van der Waals surface area (Å²) in [5.74, 6) is 0.836. The van der Waals surface area contributed by atoms with Gasteiger partial charge in [-0.25, -0.2) is 0 Å². The Kier molecular flexibility index (Phi) is 6.96. The Bertz CT molecular complexity index is 456. The second-order valence-corrected chi connectivity index (χ2v) is 6.59. The third-order valence-electron chi connectivity index (χ3n) is 4.03. The van der Waals surface area contributed by atoms with Gasteiger partial charge in [-0.05, 0) is 38.5 Å². The van der Waals surface area contributed by atoms with Crippen molar-refractivity contribution in [2.45, 2.75) is 32.4 Å². The lowest BCUT2D eigenvalue weighted by molar-refractivity contribution is 0.0435. The third-order valence-corrected chi connectivity index (χ3v) is 4.27. The molecule has 124 valence electrons. The van der Waals surface area contributed by atoms with Crippen LogP contribution >= 0.6 is 11.6 Å². The van der Waals surface area contributed by atoms with Crippen molar-refractivity contribution in [1.29, 1.82) is 0 Å². The van der Waals surface area contributed by atoms with Crippen LogP contribution in [-0.4, -0.2) is 66.4 Å². The molecule has 0 saturated carbocycles. The lowest BCUT2D eigenvalue weighted by atomic mass is 10.1. The van der Waals surface area contributed by atoms with Gasteiger partial charge in [0.2, 0.25) is 0 Å². The van der Waals surface area contributed by atoms with Gasteiger partial charge in [-0.3, -0.25) is 4.90 Å². The maximum absolute atomic E-state index is 9.51. The van der Waals surface area contributed by atoms with Crippen LogP contribution in [0.5, 0.6) is 5.75 Å². The molecule has 22 heavy (non-hydrogen) atoms. The van der Waals surface area contributed by atoms with Crippen molar-refractivity contribution in [3.05, 3.63) is 29.3 Å². The summed E-state index contributed by atoms with van der Waals surface area (Å²) in [7, 11) is 0. The molecule has 1 aromatic rings. The fraction of sp³-hybridized carbons (Fsp3) is 0.647. The first kappa shape index (κ1) is 17.5. The largest absolute Gasteiger partial charge is 0.493 e. The van der Waals surface area contributed by atoms with Gasteiger partial charge in [-0.2, -0.15) is 0 Å². The Balaban J connectivity index is 1.64. The average Bonchev–Trinajstić information content (AvgIpc) is 2.46. The van der Waals surface area contributed by atoms with Crippen molar-refractivity contribution in [2.75, 3.05) is 39.3 Å². The number of aliphatic hydroxyl groups is 1. The van der Waals surface area contributed by atoms with Crippen LogP contribution in [0.2, 0.25) is 5.02 Å². The van der Waals surface area contributed by atoms with Crippen LogP contribution in [0.3, 0.4) is 0 Å². The van der Waals surface area contributed by atoms with Gasteiger partial charge in [0.05, 0.1) is 12.7 Å². The van der Waals surface area contributed by atoms with Crippen LogP contribution in [-0.2, 0) is 0 Å². The van der Waals surface area contributed by atoms with Gasteiger partial charge in [0.25, 0.3) is 0 Å². The number of rotatable bonds is 7. The van der Waals surface area contributed by atoms with Crippen molar-refractivity contribution in [3.8, 4) is 5.75 Å². The van der Waals surface area contributed by atoms with Crippen LogP contribution in [0.15, 0.2) is 24.3 Å². The molecule has 0 aromatic heterocycles. The van der Waals surface area contributed by atoms with Gasteiger partial charge in [0, 0.05) is 43.8 Å². The smallest absolute Gasteiger partial charge is 0.120 e. The summed E-state index contributed by atoms with van der Waals surface area (Å²) in [5, 5.41) is 10.2. The highest BCUT2D eigenvalue weighted by Gasteiger charge is 2.23. The number of halogens is 1. The van der Waals surface area contributed by atoms with E-state index in [-0.39, 0.29) is 6.10 Å². The van der Waals surface area contributed by atoms with E-state index in [4.69, 9.17) is 16.3 Å². The number of hydrogen-bond acceptors (Lipinski definition) is 4. The summed E-state index contributed by atoms with van der Waals surface area (Å²) in [6.07, 6.45) is 0.760. The highest BCUT2D eigenvalue weighted by molar-refractivity contribution is 6.30. The molecule has 4 nitrogen and oxygen atoms in total. The zero-order valence-electron chi connectivity index (χ0n) is 13.5. The fourth-order valence-electron chi connectivity index (χ4n) is 2.92. The molecular weight excluding hydrogens is 300 g/mol. The van der Waals surface area contributed by atoms with Gasteiger partial charge < -0.3 is 14.7 Å². The molecule has 1 aliphatic heterocycles. The van der Waals surface area contributed by atoms with E-state index in [1.807, 2.05) is 31.2 Å². The summed E-state index contributed by atoms with van der Waals surface area (Å²) < 4.78 is 5.72. The van der Waals surface area contributed by atoms with E-state index < -0.39 is 0 Å². The Hall–Kier alpha value is -0.810. The number of β-amino-alcohol motifs (C(OH)–C–C–N with tert-alkyl or cyclic N) is 1. The molecule has 0 radical (unpaired) electrons. The zero-order chi connectivity index (χ0) is 15.9. The van der Waals surface area contributed by atoms with E-state index in [2.05, 4.69) is 16.7 Å². The molecule has 5 heteroatoms. The first-order chi connectivity index (χ1) is 10.5. The molecule has 1 aromatic carbocycles. The highest BCUT2D eigenvalue weighted by Crippen LogP contribution is 2.17. The standard InChI is InChI=1S/C17H27ClN2O2/c1-14-12-19(8-9-20(14)13-15(2)21)7-4-10-22-17-6-3-5-16(18)11-17/h3,5-6,11,14-15,21H,4,7-10,12-13H2,1-2H3/t14-,15+/m0/s1. The monoisotopic (exact) mass is 326 g/mol. The highest BCUT2D eigenvalue weighted by atomic mass is 35.5. The second kappa shape index (κ2) is 8.73. The molecule has 0 spiro atoms. The lowest BCUT2D eigenvalue weighted by Gasteiger charge is -2.40. The molecule has 0 unspecified atom stereocenters. The van der Waals surface area contributed by atoms with E-state index in [0.717, 1.165) is 44.9 Å². The SMILES string of the molecule is C[C@@H](O)CN1CCN(CCCOc2cccc(Cl)c2)C[C@@H]1C. The van der Waals surface area contributed by atoms with Crippen LogP contribution < -0.4 is 4.74 Å². The van der Waals surface area contributed by atoms with Crippen LogP contribution in [0, 0.1) is 0 Å². The summed E-state index contributed by atoms with van der Waals surface area (Å²) >= 11 is 5.93. The number of piperazine rings is 1. The Morgan fingerprint density at radius 1 is 1.41 bits per heavy atom. The molecule has 2 atom stereocenters. The van der Waals surface area contributed by atoms with Gasteiger partial charge in [-0.15, -0.1) is 0 Å². The summed E-state index contributed by atoms with van der Waals surface area (Å²) in [6, 6.07) is 8.03. The number of hydrogen-bond donors (Lipinski definition) is 1. The maximum Gasteiger partial charge on any atom is 0.120 e. The average molecular weight is 327 g/mol. The van der Waals surface area contributed by atoms with Gasteiger partial charge in [0.15, 0.2) is 0 Å². The predicted octanol–water partition coefficient (Wildman–Crippen LogP) is 2.50. The van der Waals surface area contributed by atoms with Crippen molar-refractivity contribution < 1.29 is 9.84 Å². The van der Waals surface area contributed by atoms with Crippen molar-refractivity contribution in [3.63, 3.8) is 0 Å². The van der Waals surface area contributed by atoms with E-state index in [1.54, 1.807) is 0 Å². The van der Waals surface area contributed by atoms with E-state index in [1.165, 1.54) is 0 Å². The molecule has 0 bridgehead atoms. The summed E-state index contributed by atoms with van der Waals surface area (Å²) in [6.45, 7) is 9.77. The minimum Gasteiger partial charge on any atom is -0.493 e. The normalized spacial score (nSPS) is 21.7. The number of ether oxygens (including phenoxy) is 1. The van der Waals surface area contributed by atoms with Gasteiger partial charge in [-0.1, -0.05) is 17.7 Å². The minimum atomic E-state index is -0.250. The lowest BCUT2D eigenvalue weighted by Crippen LogP contribution is -2.53. The van der Waals surface area contributed by atoms with Crippen molar-refractivity contribution in [2.24, 2.45) is 0 Å². The van der Waals surface area contributed by atoms with Crippen molar-refractivity contribution in [1.82, 2.24) is 9.80 Å². The van der Waals surface area contributed by atoms with E-state index in [9.17, 15) is 5.11 Å². The van der Waals surface area contributed by atoms with Gasteiger partial charge in [0.1, 0.15) is 5.75 Å². The Labute approximate surface area is 138 Å². The van der Waals surface area contributed by atoms with E-state index >= 15 is 0 Å². The molecular formula is C17H27ClN2O2. The molecule has 1 N–H and O–H groups in total. The van der Waals surface area contributed by atoms with Crippen LogP contribution in [0.4, 0.5) is 0 Å². The Morgan fingerprint density at radius 2 is 2.23 bits per heavy atom.